The standard InChI is InChI=1S/C5H13NO3/c6-1-2-9-5(3-7)4-8/h5,7-8H,1-4,6H2. The molecular formula is C5H13NO3. The van der Waals surface area contributed by atoms with Crippen LogP contribution in [-0.2, 0) is 4.74 Å². The molecule has 9 heavy (non-hydrogen) atoms. The maximum atomic E-state index is 8.43. The average Bonchev–Trinajstić information content (AvgIpc) is 1.91. The normalized spacial score (nSPS) is 10.7. The molecule has 0 radical (unpaired) electrons. The first kappa shape index (κ1) is 8.84. The van der Waals surface area contributed by atoms with Crippen molar-refractivity contribution in [3.8, 4) is 0 Å². The number of nitrogens with two attached hydrogens (primary N) is 1. The Hall–Kier alpha value is -0.160. The summed E-state index contributed by atoms with van der Waals surface area (Å²) in [7, 11) is 0. The molecule has 0 fully saturated rings. The molecule has 0 unspecified atom stereocenters. The second-order valence-corrected chi connectivity index (χ2v) is 1.65. The van der Waals surface area contributed by atoms with Crippen molar-refractivity contribution < 1.29 is 14.9 Å². The van der Waals surface area contributed by atoms with Gasteiger partial charge in [0.05, 0.1) is 19.8 Å². The van der Waals surface area contributed by atoms with E-state index in [2.05, 4.69) is 0 Å². The highest BCUT2D eigenvalue weighted by molar-refractivity contribution is 4.51. The Morgan fingerprint density at radius 3 is 2.22 bits per heavy atom. The first-order chi connectivity index (χ1) is 4.35. The van der Waals surface area contributed by atoms with Crippen molar-refractivity contribution in [2.45, 2.75) is 6.10 Å². The molecule has 0 spiro atoms. The zero-order chi connectivity index (χ0) is 7.11. The predicted molar refractivity (Wildman–Crippen MR) is 33.0 cm³/mol. The molecule has 0 bridgehead atoms. The van der Waals surface area contributed by atoms with E-state index in [0.717, 1.165) is 0 Å². The van der Waals surface area contributed by atoms with Crippen LogP contribution >= 0.6 is 0 Å². The summed E-state index contributed by atoms with van der Waals surface area (Å²) in [5, 5.41) is 16.9. The van der Waals surface area contributed by atoms with Crippen molar-refractivity contribution >= 4 is 0 Å². The fourth-order valence-corrected chi connectivity index (χ4v) is 0.398. The summed E-state index contributed by atoms with van der Waals surface area (Å²) in [6.07, 6.45) is -0.464. The van der Waals surface area contributed by atoms with E-state index < -0.39 is 6.10 Å². The SMILES string of the molecule is NCCOC(CO)CO. The Morgan fingerprint density at radius 2 is 1.89 bits per heavy atom. The average molecular weight is 135 g/mol. The van der Waals surface area contributed by atoms with Gasteiger partial charge in [-0.2, -0.15) is 0 Å². The molecule has 4 heteroatoms. The maximum absolute atomic E-state index is 8.43. The summed E-state index contributed by atoms with van der Waals surface area (Å²) in [5.74, 6) is 0. The van der Waals surface area contributed by atoms with E-state index in [1.807, 2.05) is 0 Å². The van der Waals surface area contributed by atoms with Crippen LogP contribution in [0.5, 0.6) is 0 Å². The van der Waals surface area contributed by atoms with E-state index in [0.29, 0.717) is 13.2 Å². The molecule has 0 atom stereocenters. The minimum atomic E-state index is -0.464. The van der Waals surface area contributed by atoms with Gasteiger partial charge in [-0.1, -0.05) is 0 Å². The van der Waals surface area contributed by atoms with Crippen molar-refractivity contribution in [1.29, 1.82) is 0 Å². The molecule has 4 nitrogen and oxygen atoms in total. The number of ether oxygens (including phenoxy) is 1. The van der Waals surface area contributed by atoms with Crippen LogP contribution in [0.4, 0.5) is 0 Å². The van der Waals surface area contributed by atoms with Gasteiger partial charge in [-0.3, -0.25) is 0 Å². The van der Waals surface area contributed by atoms with Gasteiger partial charge in [0, 0.05) is 6.54 Å². The quantitative estimate of drug-likeness (QED) is 0.420. The monoisotopic (exact) mass is 135 g/mol. The fraction of sp³-hybridized carbons (Fsp3) is 1.00. The van der Waals surface area contributed by atoms with Gasteiger partial charge in [0.1, 0.15) is 6.10 Å². The first-order valence-corrected chi connectivity index (χ1v) is 2.88. The zero-order valence-electron chi connectivity index (χ0n) is 5.29. The van der Waals surface area contributed by atoms with E-state index in [-0.39, 0.29) is 13.2 Å². The van der Waals surface area contributed by atoms with Gasteiger partial charge in [0.15, 0.2) is 0 Å². The van der Waals surface area contributed by atoms with E-state index in [1.54, 1.807) is 0 Å². The van der Waals surface area contributed by atoms with Gasteiger partial charge < -0.3 is 20.7 Å². The number of hydrogen-bond donors (Lipinski definition) is 3. The number of aliphatic hydroxyl groups is 2. The molecule has 0 aliphatic rings. The van der Waals surface area contributed by atoms with Crippen LogP contribution in [0.3, 0.4) is 0 Å². The van der Waals surface area contributed by atoms with E-state index >= 15 is 0 Å². The first-order valence-electron chi connectivity index (χ1n) is 2.88. The summed E-state index contributed by atoms with van der Waals surface area (Å²) < 4.78 is 4.86. The third-order valence-electron chi connectivity index (χ3n) is 0.879. The van der Waals surface area contributed by atoms with E-state index in [9.17, 15) is 0 Å². The number of rotatable bonds is 5. The molecule has 0 aliphatic carbocycles. The second kappa shape index (κ2) is 5.97. The molecule has 0 saturated carbocycles. The summed E-state index contributed by atoms with van der Waals surface area (Å²) in [6, 6.07) is 0. The maximum Gasteiger partial charge on any atom is 0.104 e. The smallest absolute Gasteiger partial charge is 0.104 e. The van der Waals surface area contributed by atoms with Crippen LogP contribution < -0.4 is 5.73 Å². The van der Waals surface area contributed by atoms with Crippen LogP contribution in [0.25, 0.3) is 0 Å². The third-order valence-corrected chi connectivity index (χ3v) is 0.879. The molecule has 0 rings (SSSR count). The molecule has 0 aliphatic heterocycles. The predicted octanol–water partition coefficient (Wildman–Crippen LogP) is -1.69. The van der Waals surface area contributed by atoms with Gasteiger partial charge >= 0.3 is 0 Å². The van der Waals surface area contributed by atoms with Gasteiger partial charge in [-0.05, 0) is 0 Å². The molecule has 0 saturated heterocycles. The summed E-state index contributed by atoms with van der Waals surface area (Å²) >= 11 is 0. The minimum Gasteiger partial charge on any atom is -0.394 e. The topological polar surface area (TPSA) is 75.7 Å². The molecule has 0 aromatic rings. The Bertz CT molecular complexity index is 56.2. The third kappa shape index (κ3) is 4.35. The Balaban J connectivity index is 3.09. The second-order valence-electron chi connectivity index (χ2n) is 1.65. The Labute approximate surface area is 54.2 Å². The van der Waals surface area contributed by atoms with Crippen LogP contribution in [0.1, 0.15) is 0 Å². The van der Waals surface area contributed by atoms with Crippen LogP contribution in [0, 0.1) is 0 Å². The molecule has 56 valence electrons. The number of aliphatic hydroxyl groups excluding tert-OH is 2. The molecule has 0 aromatic carbocycles. The lowest BCUT2D eigenvalue weighted by Gasteiger charge is -2.10. The van der Waals surface area contributed by atoms with Crippen LogP contribution in [0.2, 0.25) is 0 Å². The van der Waals surface area contributed by atoms with E-state index in [1.165, 1.54) is 0 Å². The van der Waals surface area contributed by atoms with Crippen molar-refractivity contribution in [3.63, 3.8) is 0 Å². The van der Waals surface area contributed by atoms with Gasteiger partial charge in [0.2, 0.25) is 0 Å². The largest absolute Gasteiger partial charge is 0.394 e. The number of hydrogen-bond acceptors (Lipinski definition) is 4. The molecule has 0 amide bonds. The molecular weight excluding hydrogens is 122 g/mol. The summed E-state index contributed by atoms with van der Waals surface area (Å²) in [6.45, 7) is 0.481. The van der Waals surface area contributed by atoms with Gasteiger partial charge in [-0.15, -0.1) is 0 Å². The Morgan fingerprint density at radius 1 is 1.33 bits per heavy atom. The van der Waals surface area contributed by atoms with Crippen molar-refractivity contribution in [2.24, 2.45) is 5.73 Å². The van der Waals surface area contributed by atoms with Gasteiger partial charge in [-0.25, -0.2) is 0 Å². The lowest BCUT2D eigenvalue weighted by atomic mass is 10.4. The van der Waals surface area contributed by atoms with Crippen molar-refractivity contribution in [2.75, 3.05) is 26.4 Å². The zero-order valence-corrected chi connectivity index (χ0v) is 5.29. The fourth-order valence-electron chi connectivity index (χ4n) is 0.398. The van der Waals surface area contributed by atoms with E-state index in [4.69, 9.17) is 20.7 Å². The minimum absolute atomic E-state index is 0.156. The molecule has 0 aromatic heterocycles. The molecule has 0 heterocycles. The van der Waals surface area contributed by atoms with Crippen molar-refractivity contribution in [1.82, 2.24) is 0 Å². The van der Waals surface area contributed by atoms with Crippen LogP contribution in [-0.4, -0.2) is 42.7 Å². The highest BCUT2D eigenvalue weighted by atomic mass is 16.5. The summed E-state index contributed by atoms with van der Waals surface area (Å²) in [5.41, 5.74) is 5.10. The highest BCUT2D eigenvalue weighted by Crippen LogP contribution is 1.86. The lowest BCUT2D eigenvalue weighted by Crippen LogP contribution is -2.24. The molecule has 4 N–H and O–H groups in total. The highest BCUT2D eigenvalue weighted by Gasteiger charge is 2.02. The van der Waals surface area contributed by atoms with Gasteiger partial charge in [0.25, 0.3) is 0 Å². The Kier molecular flexibility index (Phi) is 5.86. The van der Waals surface area contributed by atoms with Crippen molar-refractivity contribution in [3.05, 3.63) is 0 Å². The summed E-state index contributed by atoms with van der Waals surface area (Å²) in [4.78, 5) is 0. The van der Waals surface area contributed by atoms with Crippen LogP contribution in [0.15, 0.2) is 0 Å². The lowest BCUT2D eigenvalue weighted by molar-refractivity contribution is -0.0161.